The van der Waals surface area contributed by atoms with Crippen LogP contribution in [-0.4, -0.2) is 14.3 Å². The molecule has 0 aliphatic heterocycles. The molecule has 2 aromatic rings. The summed E-state index contributed by atoms with van der Waals surface area (Å²) in [6.45, 7) is 0. The van der Waals surface area contributed by atoms with E-state index in [0.29, 0.717) is 11.4 Å². The maximum atomic E-state index is 12.6. The van der Waals surface area contributed by atoms with Crippen LogP contribution in [0.2, 0.25) is 10.0 Å². The predicted octanol–water partition coefficient (Wildman–Crippen LogP) is 5.31. The predicted molar refractivity (Wildman–Crippen MR) is 109 cm³/mol. The monoisotopic (exact) mass is 426 g/mol. The molecule has 8 heteroatoms. The van der Waals surface area contributed by atoms with Crippen molar-refractivity contribution in [2.24, 2.45) is 5.92 Å². The lowest BCUT2D eigenvalue weighted by Gasteiger charge is -2.21. The molecule has 27 heavy (non-hydrogen) atoms. The lowest BCUT2D eigenvalue weighted by atomic mass is 9.88. The van der Waals surface area contributed by atoms with E-state index in [1.807, 2.05) is 0 Å². The van der Waals surface area contributed by atoms with Gasteiger partial charge in [0.15, 0.2) is 0 Å². The first-order chi connectivity index (χ1) is 12.8. The van der Waals surface area contributed by atoms with Crippen LogP contribution in [0.1, 0.15) is 32.1 Å². The summed E-state index contributed by atoms with van der Waals surface area (Å²) >= 11 is 11.9. The number of nitrogens with one attached hydrogen (secondary N) is 2. The number of carbonyl (C=O) groups is 1. The maximum Gasteiger partial charge on any atom is 0.263 e. The summed E-state index contributed by atoms with van der Waals surface area (Å²) in [5, 5.41) is 3.23. The number of anilines is 2. The molecule has 2 aromatic carbocycles. The Morgan fingerprint density at radius 1 is 0.963 bits per heavy atom. The minimum absolute atomic E-state index is 0.0179. The molecule has 0 spiro atoms. The Morgan fingerprint density at radius 2 is 1.67 bits per heavy atom. The molecule has 1 fully saturated rings. The second-order valence-corrected chi connectivity index (χ2v) is 9.08. The first kappa shape index (κ1) is 20.0. The number of halogens is 2. The smallest absolute Gasteiger partial charge is 0.263 e. The van der Waals surface area contributed by atoms with E-state index in [4.69, 9.17) is 23.2 Å². The van der Waals surface area contributed by atoms with Crippen LogP contribution >= 0.6 is 23.2 Å². The third-order valence-corrected chi connectivity index (χ3v) is 6.64. The fraction of sp³-hybridized carbons (Fsp3) is 0.316. The highest BCUT2D eigenvalue weighted by Gasteiger charge is 2.22. The van der Waals surface area contributed by atoms with Gasteiger partial charge in [0, 0.05) is 16.6 Å². The van der Waals surface area contributed by atoms with Crippen LogP contribution in [0.25, 0.3) is 0 Å². The van der Waals surface area contributed by atoms with Crippen LogP contribution in [0.3, 0.4) is 0 Å². The Labute approximate surface area is 169 Å². The number of hydrogen-bond donors (Lipinski definition) is 2. The zero-order chi connectivity index (χ0) is 19.4. The molecular formula is C19H20Cl2N2O3S. The van der Waals surface area contributed by atoms with Gasteiger partial charge in [-0.3, -0.25) is 9.52 Å². The summed E-state index contributed by atoms with van der Waals surface area (Å²) in [6, 6.07) is 10.8. The quantitative estimate of drug-likeness (QED) is 0.679. The fourth-order valence-electron chi connectivity index (χ4n) is 3.16. The number of sulfonamides is 1. The van der Waals surface area contributed by atoms with Crippen molar-refractivity contribution in [3.63, 3.8) is 0 Å². The van der Waals surface area contributed by atoms with Crippen molar-refractivity contribution in [1.82, 2.24) is 0 Å². The first-order valence-corrected chi connectivity index (χ1v) is 11.0. The summed E-state index contributed by atoms with van der Waals surface area (Å²) < 4.78 is 27.7. The van der Waals surface area contributed by atoms with Gasteiger partial charge in [-0.1, -0.05) is 48.5 Å². The molecular weight excluding hydrogens is 407 g/mol. The second kappa shape index (κ2) is 8.50. The van der Waals surface area contributed by atoms with Gasteiger partial charge < -0.3 is 5.32 Å². The second-order valence-electron chi connectivity index (χ2n) is 6.59. The van der Waals surface area contributed by atoms with Crippen LogP contribution in [0.5, 0.6) is 0 Å². The van der Waals surface area contributed by atoms with E-state index in [1.54, 1.807) is 24.3 Å². The van der Waals surface area contributed by atoms with Gasteiger partial charge >= 0.3 is 0 Å². The van der Waals surface area contributed by atoms with Crippen LogP contribution < -0.4 is 10.0 Å². The molecule has 2 N–H and O–H groups in total. The van der Waals surface area contributed by atoms with E-state index in [-0.39, 0.29) is 26.8 Å². The molecule has 144 valence electrons. The third-order valence-electron chi connectivity index (χ3n) is 4.54. The highest BCUT2D eigenvalue weighted by molar-refractivity contribution is 7.92. The van der Waals surface area contributed by atoms with E-state index in [0.717, 1.165) is 25.7 Å². The summed E-state index contributed by atoms with van der Waals surface area (Å²) in [7, 11) is -3.91. The zero-order valence-corrected chi connectivity index (χ0v) is 16.9. The van der Waals surface area contributed by atoms with Gasteiger partial charge in [0.25, 0.3) is 10.0 Å². The van der Waals surface area contributed by atoms with Crippen LogP contribution in [0.4, 0.5) is 11.4 Å². The molecule has 0 saturated heterocycles. The van der Waals surface area contributed by atoms with Crippen molar-refractivity contribution in [2.75, 3.05) is 10.0 Å². The Bertz CT molecular complexity index is 942. The third kappa shape index (κ3) is 5.15. The van der Waals surface area contributed by atoms with Gasteiger partial charge in [0.05, 0.1) is 10.7 Å². The molecule has 0 radical (unpaired) electrons. The van der Waals surface area contributed by atoms with Crippen molar-refractivity contribution in [3.05, 3.63) is 52.5 Å². The molecule has 0 heterocycles. The Kier molecular flexibility index (Phi) is 6.29. The molecule has 0 atom stereocenters. The van der Waals surface area contributed by atoms with Crippen LogP contribution in [-0.2, 0) is 14.8 Å². The average molecular weight is 427 g/mol. The van der Waals surface area contributed by atoms with Gasteiger partial charge in [-0.05, 0) is 49.2 Å². The first-order valence-electron chi connectivity index (χ1n) is 8.74. The van der Waals surface area contributed by atoms with E-state index in [1.165, 1.54) is 24.6 Å². The average Bonchev–Trinajstić information content (AvgIpc) is 2.64. The lowest BCUT2D eigenvalue weighted by Crippen LogP contribution is -2.24. The van der Waals surface area contributed by atoms with Crippen molar-refractivity contribution >= 4 is 50.5 Å². The van der Waals surface area contributed by atoms with Gasteiger partial charge in [-0.2, -0.15) is 0 Å². The van der Waals surface area contributed by atoms with Crippen molar-refractivity contribution in [1.29, 1.82) is 0 Å². The molecule has 0 bridgehead atoms. The molecule has 0 unspecified atom stereocenters. The Balaban J connectivity index is 1.75. The highest BCUT2D eigenvalue weighted by Crippen LogP contribution is 2.28. The van der Waals surface area contributed by atoms with E-state index >= 15 is 0 Å². The lowest BCUT2D eigenvalue weighted by molar-refractivity contribution is -0.120. The van der Waals surface area contributed by atoms with Crippen LogP contribution in [0.15, 0.2) is 47.4 Å². The summed E-state index contributed by atoms with van der Waals surface area (Å²) in [4.78, 5) is 12.3. The van der Waals surface area contributed by atoms with E-state index in [2.05, 4.69) is 10.0 Å². The standard InChI is InChI=1S/C19H20Cl2N2O3S/c20-14-9-10-17(21)18(11-14)27(25,26)23-16-8-4-7-15(12-16)22-19(24)13-5-2-1-3-6-13/h4,7-13,23H,1-3,5-6H2,(H,22,24). The minimum Gasteiger partial charge on any atom is -0.326 e. The highest BCUT2D eigenvalue weighted by atomic mass is 35.5. The molecule has 1 amide bonds. The van der Waals surface area contributed by atoms with Gasteiger partial charge in [0.1, 0.15) is 4.90 Å². The maximum absolute atomic E-state index is 12.6. The molecule has 1 aliphatic carbocycles. The summed E-state index contributed by atoms with van der Waals surface area (Å²) in [5.74, 6) is -0.00282. The number of benzene rings is 2. The normalized spacial score (nSPS) is 15.3. The Morgan fingerprint density at radius 3 is 2.41 bits per heavy atom. The largest absolute Gasteiger partial charge is 0.326 e. The SMILES string of the molecule is O=C(Nc1cccc(NS(=O)(=O)c2cc(Cl)ccc2Cl)c1)C1CCCCC1. The van der Waals surface area contributed by atoms with Crippen molar-refractivity contribution in [3.8, 4) is 0 Å². The summed E-state index contributed by atoms with van der Waals surface area (Å²) in [5.41, 5.74) is 0.871. The van der Waals surface area contributed by atoms with Crippen LogP contribution in [0, 0.1) is 5.92 Å². The van der Waals surface area contributed by atoms with Crippen molar-refractivity contribution in [2.45, 2.75) is 37.0 Å². The zero-order valence-electron chi connectivity index (χ0n) is 14.5. The number of amides is 1. The number of carbonyl (C=O) groups excluding carboxylic acids is 1. The van der Waals surface area contributed by atoms with E-state index < -0.39 is 10.0 Å². The topological polar surface area (TPSA) is 75.3 Å². The summed E-state index contributed by atoms with van der Waals surface area (Å²) in [6.07, 6.45) is 5.10. The molecule has 1 saturated carbocycles. The van der Waals surface area contributed by atoms with Gasteiger partial charge in [-0.25, -0.2) is 8.42 Å². The molecule has 1 aliphatic rings. The van der Waals surface area contributed by atoms with Gasteiger partial charge in [-0.15, -0.1) is 0 Å². The number of rotatable bonds is 5. The number of hydrogen-bond acceptors (Lipinski definition) is 3. The molecule has 5 nitrogen and oxygen atoms in total. The van der Waals surface area contributed by atoms with Gasteiger partial charge in [0.2, 0.25) is 5.91 Å². The fourth-order valence-corrected chi connectivity index (χ4v) is 4.98. The minimum atomic E-state index is -3.91. The van der Waals surface area contributed by atoms with E-state index in [9.17, 15) is 13.2 Å². The molecule has 0 aromatic heterocycles. The Hall–Kier alpha value is -1.76. The molecule has 3 rings (SSSR count). The van der Waals surface area contributed by atoms with Crippen molar-refractivity contribution < 1.29 is 13.2 Å².